The van der Waals surface area contributed by atoms with Crippen LogP contribution >= 0.6 is 0 Å². The van der Waals surface area contributed by atoms with Crippen molar-refractivity contribution in [1.82, 2.24) is 5.32 Å². The summed E-state index contributed by atoms with van der Waals surface area (Å²) in [6.45, 7) is 5.94. The first kappa shape index (κ1) is 16.4. The molecule has 2 rings (SSSR count). The summed E-state index contributed by atoms with van der Waals surface area (Å²) in [7, 11) is 1.72. The van der Waals surface area contributed by atoms with Gasteiger partial charge in [0.1, 0.15) is 5.75 Å². The number of ether oxygens (including phenoxy) is 1. The number of nitrogens with one attached hydrogen (secondary N) is 1. The minimum absolute atomic E-state index is 0.598. The Morgan fingerprint density at radius 2 is 1.90 bits per heavy atom. The third-order valence-electron chi connectivity index (χ3n) is 5.04. The summed E-state index contributed by atoms with van der Waals surface area (Å²) < 4.78 is 5.20. The molecule has 2 nitrogen and oxygen atoms in total. The molecule has 0 spiro atoms. The van der Waals surface area contributed by atoms with Gasteiger partial charge in [0, 0.05) is 6.04 Å². The number of hydrogen-bond acceptors (Lipinski definition) is 2. The average molecular weight is 289 g/mol. The Morgan fingerprint density at radius 1 is 1.19 bits per heavy atom. The number of benzene rings is 1. The molecular formula is C19H31NO. The molecule has 2 heteroatoms. The Balaban J connectivity index is 1.67. The van der Waals surface area contributed by atoms with Crippen LogP contribution in [0, 0.1) is 11.8 Å². The topological polar surface area (TPSA) is 21.3 Å². The van der Waals surface area contributed by atoms with Crippen LogP contribution in [-0.4, -0.2) is 19.7 Å². The second-order valence-corrected chi connectivity index (χ2v) is 6.72. The lowest BCUT2D eigenvalue weighted by molar-refractivity contribution is 0.241. The van der Waals surface area contributed by atoms with Gasteiger partial charge in [0.15, 0.2) is 0 Å². The molecule has 21 heavy (non-hydrogen) atoms. The number of hydrogen-bond donors (Lipinski definition) is 1. The van der Waals surface area contributed by atoms with Crippen molar-refractivity contribution in [2.24, 2.45) is 11.8 Å². The van der Waals surface area contributed by atoms with Crippen LogP contribution in [0.2, 0.25) is 0 Å². The van der Waals surface area contributed by atoms with Gasteiger partial charge in [0.05, 0.1) is 7.11 Å². The number of aryl methyl sites for hydroxylation is 1. The Bertz CT molecular complexity index is 401. The van der Waals surface area contributed by atoms with E-state index < -0.39 is 0 Å². The van der Waals surface area contributed by atoms with E-state index in [1.165, 1.54) is 44.2 Å². The lowest BCUT2D eigenvalue weighted by atomic mass is 9.80. The summed E-state index contributed by atoms with van der Waals surface area (Å²) in [4.78, 5) is 0. The van der Waals surface area contributed by atoms with Crippen molar-refractivity contribution in [3.8, 4) is 5.75 Å². The van der Waals surface area contributed by atoms with Gasteiger partial charge in [0.25, 0.3) is 0 Å². The first-order valence-electron chi connectivity index (χ1n) is 8.55. The molecule has 1 aliphatic rings. The second kappa shape index (κ2) is 8.43. The van der Waals surface area contributed by atoms with E-state index in [2.05, 4.69) is 43.4 Å². The summed E-state index contributed by atoms with van der Waals surface area (Å²) in [6.07, 6.45) is 8.04. The van der Waals surface area contributed by atoms with Gasteiger partial charge in [-0.3, -0.25) is 0 Å². The molecule has 1 saturated carbocycles. The molecule has 0 amide bonds. The highest BCUT2D eigenvalue weighted by molar-refractivity contribution is 5.27. The van der Waals surface area contributed by atoms with Crippen LogP contribution in [0.3, 0.4) is 0 Å². The van der Waals surface area contributed by atoms with Crippen LogP contribution < -0.4 is 10.1 Å². The van der Waals surface area contributed by atoms with Crippen molar-refractivity contribution in [1.29, 1.82) is 0 Å². The van der Waals surface area contributed by atoms with Crippen molar-refractivity contribution < 1.29 is 4.74 Å². The zero-order valence-electron chi connectivity index (χ0n) is 13.9. The maximum absolute atomic E-state index is 5.20. The van der Waals surface area contributed by atoms with E-state index in [0.29, 0.717) is 6.04 Å². The third-order valence-corrected chi connectivity index (χ3v) is 5.04. The molecule has 118 valence electrons. The van der Waals surface area contributed by atoms with E-state index >= 15 is 0 Å². The molecule has 0 heterocycles. The monoisotopic (exact) mass is 289 g/mol. The molecule has 0 radical (unpaired) electrons. The fourth-order valence-electron chi connectivity index (χ4n) is 3.33. The summed E-state index contributed by atoms with van der Waals surface area (Å²) in [6, 6.07) is 9.05. The van der Waals surface area contributed by atoms with Gasteiger partial charge >= 0.3 is 0 Å². The first-order chi connectivity index (χ1) is 10.2. The molecule has 0 aliphatic heterocycles. The van der Waals surface area contributed by atoms with Gasteiger partial charge in [-0.1, -0.05) is 38.3 Å². The predicted octanol–water partition coefficient (Wildman–Crippen LogP) is 4.43. The normalized spacial score (nSPS) is 23.8. The SMILES string of the molecule is COc1ccc(CCC(C)NCC2CCCCC2C)cc1. The van der Waals surface area contributed by atoms with Gasteiger partial charge in [0.2, 0.25) is 0 Å². The Kier molecular flexibility index (Phi) is 6.56. The number of methoxy groups -OCH3 is 1. The molecule has 1 aromatic rings. The second-order valence-electron chi connectivity index (χ2n) is 6.72. The average Bonchev–Trinajstić information content (AvgIpc) is 2.52. The van der Waals surface area contributed by atoms with Crippen LogP contribution in [0.25, 0.3) is 0 Å². The van der Waals surface area contributed by atoms with Crippen LogP contribution in [0.4, 0.5) is 0 Å². The molecule has 3 atom stereocenters. The molecule has 1 N–H and O–H groups in total. The van der Waals surface area contributed by atoms with Gasteiger partial charge in [-0.2, -0.15) is 0 Å². The van der Waals surface area contributed by atoms with Crippen molar-refractivity contribution in [3.63, 3.8) is 0 Å². The third kappa shape index (κ3) is 5.35. The molecular weight excluding hydrogens is 258 g/mol. The highest BCUT2D eigenvalue weighted by Crippen LogP contribution is 2.29. The van der Waals surface area contributed by atoms with Gasteiger partial charge in [-0.15, -0.1) is 0 Å². The van der Waals surface area contributed by atoms with E-state index in [4.69, 9.17) is 4.74 Å². The quantitative estimate of drug-likeness (QED) is 0.801. The van der Waals surface area contributed by atoms with Crippen LogP contribution in [-0.2, 0) is 6.42 Å². The highest BCUT2D eigenvalue weighted by atomic mass is 16.5. The summed E-state index contributed by atoms with van der Waals surface area (Å²) in [5.74, 6) is 2.73. The fraction of sp³-hybridized carbons (Fsp3) is 0.684. The van der Waals surface area contributed by atoms with Crippen LogP contribution in [0.15, 0.2) is 24.3 Å². The zero-order chi connectivity index (χ0) is 15.1. The van der Waals surface area contributed by atoms with Crippen molar-refractivity contribution in [3.05, 3.63) is 29.8 Å². The summed E-state index contributed by atoms with van der Waals surface area (Å²) in [5.41, 5.74) is 1.40. The zero-order valence-corrected chi connectivity index (χ0v) is 13.9. The van der Waals surface area contributed by atoms with Gasteiger partial charge < -0.3 is 10.1 Å². The molecule has 1 aromatic carbocycles. The lowest BCUT2D eigenvalue weighted by Gasteiger charge is -2.30. The minimum Gasteiger partial charge on any atom is -0.497 e. The minimum atomic E-state index is 0.598. The Labute approximate surface area is 130 Å². The smallest absolute Gasteiger partial charge is 0.118 e. The Hall–Kier alpha value is -1.02. The highest BCUT2D eigenvalue weighted by Gasteiger charge is 2.21. The van der Waals surface area contributed by atoms with Crippen LogP contribution in [0.1, 0.15) is 51.5 Å². The van der Waals surface area contributed by atoms with E-state index in [1.54, 1.807) is 7.11 Å². The molecule has 0 bridgehead atoms. The van der Waals surface area contributed by atoms with E-state index in [-0.39, 0.29) is 0 Å². The van der Waals surface area contributed by atoms with Gasteiger partial charge in [-0.05, 0) is 62.3 Å². The van der Waals surface area contributed by atoms with E-state index in [9.17, 15) is 0 Å². The fourth-order valence-corrected chi connectivity index (χ4v) is 3.33. The molecule has 0 saturated heterocycles. The predicted molar refractivity (Wildman–Crippen MR) is 89.9 cm³/mol. The van der Waals surface area contributed by atoms with Crippen LogP contribution in [0.5, 0.6) is 5.75 Å². The summed E-state index contributed by atoms with van der Waals surface area (Å²) in [5, 5.41) is 3.75. The van der Waals surface area contributed by atoms with Crippen molar-refractivity contribution in [2.75, 3.05) is 13.7 Å². The van der Waals surface area contributed by atoms with Crippen molar-refractivity contribution >= 4 is 0 Å². The van der Waals surface area contributed by atoms with Gasteiger partial charge in [-0.25, -0.2) is 0 Å². The van der Waals surface area contributed by atoms with Crippen molar-refractivity contribution in [2.45, 2.75) is 58.4 Å². The molecule has 0 aromatic heterocycles. The number of rotatable bonds is 7. The molecule has 1 aliphatic carbocycles. The lowest BCUT2D eigenvalue weighted by Crippen LogP contribution is -2.35. The van der Waals surface area contributed by atoms with E-state index in [0.717, 1.165) is 24.0 Å². The molecule has 1 fully saturated rings. The summed E-state index contributed by atoms with van der Waals surface area (Å²) >= 11 is 0. The maximum Gasteiger partial charge on any atom is 0.118 e. The van der Waals surface area contributed by atoms with E-state index in [1.807, 2.05) is 0 Å². The maximum atomic E-state index is 5.20. The molecule has 3 unspecified atom stereocenters. The standard InChI is InChI=1S/C19H31NO/c1-15-6-4-5-7-18(15)14-20-16(2)8-9-17-10-12-19(21-3)13-11-17/h10-13,15-16,18,20H,4-9,14H2,1-3H3. The first-order valence-corrected chi connectivity index (χ1v) is 8.55. The Morgan fingerprint density at radius 3 is 2.57 bits per heavy atom. The largest absolute Gasteiger partial charge is 0.497 e.